The molecule has 0 aliphatic heterocycles. The van der Waals surface area contributed by atoms with Crippen molar-refractivity contribution in [2.45, 2.75) is 46.3 Å². The Bertz CT molecular complexity index is 537. The van der Waals surface area contributed by atoms with Crippen LogP contribution in [0, 0.1) is 0 Å². The Morgan fingerprint density at radius 1 is 1.45 bits per heavy atom. The minimum atomic E-state index is -0.557. The first kappa shape index (κ1) is 18.5. The number of nitrogens with one attached hydrogen (secondary N) is 1. The van der Waals surface area contributed by atoms with Gasteiger partial charge in [0.1, 0.15) is 15.9 Å². The Labute approximate surface area is 138 Å². The van der Waals surface area contributed by atoms with Crippen LogP contribution in [0.2, 0.25) is 0 Å². The van der Waals surface area contributed by atoms with Gasteiger partial charge in [-0.15, -0.1) is 0 Å². The number of amides is 1. The third-order valence-electron chi connectivity index (χ3n) is 2.55. The fraction of sp³-hybridized carbons (Fsp3) is 0.643. The summed E-state index contributed by atoms with van der Waals surface area (Å²) in [7, 11) is 0. The summed E-state index contributed by atoms with van der Waals surface area (Å²) in [5.74, 6) is -0.454. The smallest absolute Gasteiger partial charge is 0.407 e. The summed E-state index contributed by atoms with van der Waals surface area (Å²) in [6.45, 7) is 9.50. The molecule has 8 heteroatoms. The zero-order chi connectivity index (χ0) is 16.9. The van der Waals surface area contributed by atoms with Crippen molar-refractivity contribution < 1.29 is 19.1 Å². The third-order valence-corrected chi connectivity index (χ3v) is 2.94. The first-order valence-electron chi connectivity index (χ1n) is 7.03. The minimum absolute atomic E-state index is 0.238. The van der Waals surface area contributed by atoms with Crippen LogP contribution in [0.5, 0.6) is 0 Å². The fourth-order valence-corrected chi connectivity index (χ4v) is 2.08. The van der Waals surface area contributed by atoms with E-state index in [2.05, 4.69) is 26.3 Å². The summed E-state index contributed by atoms with van der Waals surface area (Å²) in [6, 6.07) is 1.35. The average molecular weight is 376 g/mol. The fourth-order valence-electron chi connectivity index (χ4n) is 1.69. The Hall–Kier alpha value is -1.57. The highest BCUT2D eigenvalue weighted by molar-refractivity contribution is 9.10. The number of alkyl carbamates (subject to hydrolysis) is 1. The topological polar surface area (TPSA) is 82.5 Å². The molecule has 1 amide bonds. The molecule has 0 bridgehead atoms. The molecule has 1 atom stereocenters. The maximum absolute atomic E-state index is 11.9. The third kappa shape index (κ3) is 5.67. The Morgan fingerprint density at radius 2 is 2.09 bits per heavy atom. The lowest BCUT2D eigenvalue weighted by atomic mass is 10.2. The van der Waals surface area contributed by atoms with Crippen molar-refractivity contribution in [1.82, 2.24) is 15.1 Å². The lowest BCUT2D eigenvalue weighted by molar-refractivity contribution is 0.0508. The van der Waals surface area contributed by atoms with Gasteiger partial charge in [0.2, 0.25) is 0 Å². The van der Waals surface area contributed by atoms with Gasteiger partial charge in [0, 0.05) is 12.6 Å². The second-order valence-corrected chi connectivity index (χ2v) is 6.56. The SMILES string of the molecule is CCOC(=O)c1cc(Br)nn1[C@H](C)CNC(=O)OC(C)(C)C. The number of hydrogen-bond donors (Lipinski definition) is 1. The van der Waals surface area contributed by atoms with E-state index in [0.29, 0.717) is 10.3 Å². The van der Waals surface area contributed by atoms with E-state index in [1.807, 2.05) is 6.92 Å². The monoisotopic (exact) mass is 375 g/mol. The summed E-state index contributed by atoms with van der Waals surface area (Å²) in [4.78, 5) is 23.6. The predicted molar refractivity (Wildman–Crippen MR) is 84.8 cm³/mol. The highest BCUT2D eigenvalue weighted by Gasteiger charge is 2.21. The Balaban J connectivity index is 2.71. The van der Waals surface area contributed by atoms with Crippen molar-refractivity contribution in [3.8, 4) is 0 Å². The normalized spacial score (nSPS) is 12.6. The van der Waals surface area contributed by atoms with Crippen molar-refractivity contribution in [1.29, 1.82) is 0 Å². The molecule has 1 aromatic heterocycles. The molecule has 0 unspecified atom stereocenters. The van der Waals surface area contributed by atoms with E-state index in [1.165, 1.54) is 4.68 Å². The van der Waals surface area contributed by atoms with Gasteiger partial charge < -0.3 is 14.8 Å². The van der Waals surface area contributed by atoms with Crippen molar-refractivity contribution in [2.24, 2.45) is 0 Å². The van der Waals surface area contributed by atoms with E-state index in [4.69, 9.17) is 9.47 Å². The number of nitrogens with zero attached hydrogens (tertiary/aromatic N) is 2. The largest absolute Gasteiger partial charge is 0.461 e. The lowest BCUT2D eigenvalue weighted by Gasteiger charge is -2.21. The number of carbonyl (C=O) groups excluding carboxylic acids is 2. The van der Waals surface area contributed by atoms with Crippen LogP contribution < -0.4 is 5.32 Å². The van der Waals surface area contributed by atoms with Gasteiger partial charge in [0.05, 0.1) is 12.6 Å². The molecule has 0 aliphatic carbocycles. The molecule has 124 valence electrons. The number of rotatable bonds is 5. The predicted octanol–water partition coefficient (Wildman–Crippen LogP) is 2.91. The molecule has 1 heterocycles. The first-order chi connectivity index (χ1) is 10.1. The van der Waals surface area contributed by atoms with Crippen LogP contribution in [0.15, 0.2) is 10.7 Å². The molecular formula is C14H22BrN3O4. The van der Waals surface area contributed by atoms with E-state index < -0.39 is 17.7 Å². The number of hydrogen-bond acceptors (Lipinski definition) is 5. The van der Waals surface area contributed by atoms with Crippen LogP contribution in [-0.2, 0) is 9.47 Å². The standard InChI is InChI=1S/C14H22BrN3O4/c1-6-21-12(19)10-7-11(15)17-18(10)9(2)8-16-13(20)22-14(3,4)5/h7,9H,6,8H2,1-5H3,(H,16,20)/t9-/m1/s1. The summed E-state index contributed by atoms with van der Waals surface area (Å²) in [6.07, 6.45) is -0.511. The van der Waals surface area contributed by atoms with Crippen molar-refractivity contribution in [3.05, 3.63) is 16.4 Å². The van der Waals surface area contributed by atoms with Crippen LogP contribution >= 0.6 is 15.9 Å². The average Bonchev–Trinajstić information content (AvgIpc) is 2.76. The molecule has 0 saturated heterocycles. The van der Waals surface area contributed by atoms with Gasteiger partial charge >= 0.3 is 12.1 Å². The van der Waals surface area contributed by atoms with Gasteiger partial charge in [-0.1, -0.05) is 0 Å². The zero-order valence-electron chi connectivity index (χ0n) is 13.5. The number of halogens is 1. The van der Waals surface area contributed by atoms with E-state index in [1.54, 1.807) is 33.8 Å². The van der Waals surface area contributed by atoms with Gasteiger partial charge in [-0.2, -0.15) is 5.10 Å². The minimum Gasteiger partial charge on any atom is -0.461 e. The molecular weight excluding hydrogens is 354 g/mol. The maximum atomic E-state index is 11.9. The molecule has 0 spiro atoms. The highest BCUT2D eigenvalue weighted by Crippen LogP contribution is 2.17. The quantitative estimate of drug-likeness (QED) is 0.799. The second kappa shape index (κ2) is 7.62. The van der Waals surface area contributed by atoms with Crippen LogP contribution in [0.4, 0.5) is 4.79 Å². The Kier molecular flexibility index (Phi) is 6.40. The van der Waals surface area contributed by atoms with Crippen molar-refractivity contribution in [3.63, 3.8) is 0 Å². The van der Waals surface area contributed by atoms with E-state index in [0.717, 1.165) is 0 Å². The van der Waals surface area contributed by atoms with Crippen LogP contribution in [0.25, 0.3) is 0 Å². The van der Waals surface area contributed by atoms with Crippen LogP contribution in [0.1, 0.15) is 51.1 Å². The van der Waals surface area contributed by atoms with Crippen molar-refractivity contribution in [2.75, 3.05) is 13.2 Å². The van der Waals surface area contributed by atoms with Crippen molar-refractivity contribution >= 4 is 28.0 Å². The van der Waals surface area contributed by atoms with Gasteiger partial charge in [0.15, 0.2) is 0 Å². The highest BCUT2D eigenvalue weighted by atomic mass is 79.9. The molecule has 1 aromatic rings. The summed E-state index contributed by atoms with van der Waals surface area (Å²) in [5.41, 5.74) is -0.231. The van der Waals surface area contributed by atoms with E-state index >= 15 is 0 Å². The van der Waals surface area contributed by atoms with E-state index in [9.17, 15) is 9.59 Å². The summed E-state index contributed by atoms with van der Waals surface area (Å²) in [5, 5.41) is 6.86. The van der Waals surface area contributed by atoms with Crippen LogP contribution in [0.3, 0.4) is 0 Å². The summed E-state index contributed by atoms with van der Waals surface area (Å²) >= 11 is 3.24. The van der Waals surface area contributed by atoms with Crippen LogP contribution in [-0.4, -0.2) is 40.6 Å². The van der Waals surface area contributed by atoms with Gasteiger partial charge in [-0.25, -0.2) is 9.59 Å². The zero-order valence-corrected chi connectivity index (χ0v) is 15.1. The Morgan fingerprint density at radius 3 is 2.64 bits per heavy atom. The second-order valence-electron chi connectivity index (χ2n) is 5.75. The molecule has 7 nitrogen and oxygen atoms in total. The molecule has 0 saturated carbocycles. The molecule has 1 N–H and O–H groups in total. The molecule has 0 aromatic carbocycles. The molecule has 0 aliphatic rings. The van der Waals surface area contributed by atoms with Gasteiger partial charge in [-0.05, 0) is 50.5 Å². The molecule has 0 fully saturated rings. The first-order valence-corrected chi connectivity index (χ1v) is 7.82. The number of ether oxygens (including phenoxy) is 2. The molecule has 22 heavy (non-hydrogen) atoms. The summed E-state index contributed by atoms with van der Waals surface area (Å²) < 4.78 is 12.2. The number of aromatic nitrogens is 2. The maximum Gasteiger partial charge on any atom is 0.407 e. The lowest BCUT2D eigenvalue weighted by Crippen LogP contribution is -2.36. The molecule has 1 rings (SSSR count). The van der Waals surface area contributed by atoms with Gasteiger partial charge in [0.25, 0.3) is 0 Å². The molecule has 0 radical (unpaired) electrons. The number of esters is 1. The number of carbonyl (C=O) groups is 2. The van der Waals surface area contributed by atoms with Gasteiger partial charge in [-0.3, -0.25) is 4.68 Å². The van der Waals surface area contributed by atoms with E-state index in [-0.39, 0.29) is 19.2 Å².